The average Bonchev–Trinajstić information content (AvgIpc) is 3.18. The number of likely N-dealkylation sites (tertiary alicyclic amines) is 1. The number of nitriles is 1. The lowest BCUT2D eigenvalue weighted by molar-refractivity contribution is -0.137. The highest BCUT2D eigenvalue weighted by atomic mass is 19.4. The maximum Gasteiger partial charge on any atom is 0.416 e. The Morgan fingerprint density at radius 1 is 1.23 bits per heavy atom. The van der Waals surface area contributed by atoms with Crippen molar-refractivity contribution >= 4 is 5.95 Å². The molecular weight excluding hydrogens is 397 g/mol. The molecule has 160 valence electrons. The number of nitrogens with one attached hydrogen (secondary N) is 1. The normalized spacial score (nSPS) is 23.5. The first-order chi connectivity index (χ1) is 14.2. The summed E-state index contributed by atoms with van der Waals surface area (Å²) in [6.45, 7) is 5.21. The van der Waals surface area contributed by atoms with Crippen LogP contribution in [0, 0.1) is 23.3 Å². The van der Waals surface area contributed by atoms with Gasteiger partial charge in [0.05, 0.1) is 11.6 Å². The van der Waals surface area contributed by atoms with E-state index in [4.69, 9.17) is 4.74 Å². The summed E-state index contributed by atoms with van der Waals surface area (Å²) in [5.41, 5.74) is -0.783. The zero-order chi connectivity index (χ0) is 21.5. The van der Waals surface area contributed by atoms with Gasteiger partial charge >= 0.3 is 12.2 Å². The van der Waals surface area contributed by atoms with Crippen molar-refractivity contribution in [3.05, 3.63) is 29.8 Å². The van der Waals surface area contributed by atoms with Crippen LogP contribution < -0.4 is 10.1 Å². The number of rotatable bonds is 5. The van der Waals surface area contributed by atoms with E-state index in [0.717, 1.165) is 25.0 Å². The highest BCUT2D eigenvalue weighted by Gasteiger charge is 2.42. The molecule has 1 N–H and O–H groups in total. The molecule has 1 saturated heterocycles. The lowest BCUT2D eigenvalue weighted by Crippen LogP contribution is -2.46. The molecule has 1 aliphatic carbocycles. The first-order valence-electron chi connectivity index (χ1n) is 9.97. The van der Waals surface area contributed by atoms with Crippen molar-refractivity contribution in [1.29, 1.82) is 5.26 Å². The maximum absolute atomic E-state index is 13.0. The van der Waals surface area contributed by atoms with Gasteiger partial charge in [0.2, 0.25) is 5.95 Å². The molecule has 0 amide bonds. The van der Waals surface area contributed by atoms with E-state index in [0.29, 0.717) is 30.9 Å². The van der Waals surface area contributed by atoms with E-state index in [9.17, 15) is 18.4 Å². The summed E-state index contributed by atoms with van der Waals surface area (Å²) in [7, 11) is 0. The predicted octanol–water partition coefficient (Wildman–Crippen LogP) is 4.27. The molecule has 1 aromatic heterocycles. The van der Waals surface area contributed by atoms with E-state index in [1.165, 1.54) is 12.1 Å². The van der Waals surface area contributed by atoms with Gasteiger partial charge in [-0.3, -0.25) is 0 Å². The summed E-state index contributed by atoms with van der Waals surface area (Å²) in [4.78, 5) is 6.20. The van der Waals surface area contributed by atoms with Crippen LogP contribution in [0.2, 0.25) is 0 Å². The van der Waals surface area contributed by atoms with Gasteiger partial charge in [0.15, 0.2) is 6.19 Å². The van der Waals surface area contributed by atoms with Crippen LogP contribution >= 0.6 is 0 Å². The molecular formula is C20H23F3N6O. The molecule has 1 saturated carbocycles. The number of aromatic nitrogens is 3. The Bertz CT molecular complexity index is 937. The summed E-state index contributed by atoms with van der Waals surface area (Å²) in [5, 5.41) is 17.0. The molecule has 2 heterocycles. The van der Waals surface area contributed by atoms with Crippen molar-refractivity contribution < 1.29 is 17.9 Å². The fourth-order valence-electron chi connectivity index (χ4n) is 4.31. The van der Waals surface area contributed by atoms with Crippen LogP contribution in [0.4, 0.5) is 19.1 Å². The number of benzene rings is 1. The Hall–Kier alpha value is -2.96. The second-order valence-electron chi connectivity index (χ2n) is 8.16. The Morgan fingerprint density at radius 2 is 1.93 bits per heavy atom. The highest BCUT2D eigenvalue weighted by Crippen LogP contribution is 2.38. The van der Waals surface area contributed by atoms with Gasteiger partial charge in [-0.1, -0.05) is 6.07 Å². The molecule has 2 fully saturated rings. The fourth-order valence-corrected chi connectivity index (χ4v) is 4.31. The molecule has 0 spiro atoms. The van der Waals surface area contributed by atoms with Crippen LogP contribution in [-0.2, 0) is 6.18 Å². The zero-order valence-corrected chi connectivity index (χ0v) is 16.7. The third-order valence-electron chi connectivity index (χ3n) is 5.73. The topological polar surface area (TPSA) is 79.0 Å². The molecule has 7 nitrogen and oxygen atoms in total. The molecule has 30 heavy (non-hydrogen) atoms. The van der Waals surface area contributed by atoms with E-state index in [1.807, 2.05) is 13.8 Å². The van der Waals surface area contributed by atoms with Crippen molar-refractivity contribution in [1.82, 2.24) is 19.7 Å². The Kier molecular flexibility index (Phi) is 5.22. The number of piperidine rings is 1. The molecule has 3 atom stereocenters. The van der Waals surface area contributed by atoms with Crippen LogP contribution in [0.1, 0.15) is 38.3 Å². The smallest absolute Gasteiger partial charge is 0.416 e. The quantitative estimate of drug-likeness (QED) is 0.728. The minimum atomic E-state index is -4.45. The second-order valence-corrected chi connectivity index (χ2v) is 8.16. The monoisotopic (exact) mass is 420 g/mol. The van der Waals surface area contributed by atoms with Crippen LogP contribution in [0.15, 0.2) is 24.3 Å². The Morgan fingerprint density at radius 3 is 2.53 bits per heavy atom. The predicted molar refractivity (Wildman–Crippen MR) is 103 cm³/mol. The minimum absolute atomic E-state index is 0.0491. The summed E-state index contributed by atoms with van der Waals surface area (Å²) in [6, 6.07) is 4.91. The first-order valence-corrected chi connectivity index (χ1v) is 9.97. The first kappa shape index (κ1) is 20.3. The average molecular weight is 420 g/mol. The zero-order valence-electron chi connectivity index (χ0n) is 16.7. The molecule has 10 heteroatoms. The highest BCUT2D eigenvalue weighted by molar-refractivity contribution is 5.34. The van der Waals surface area contributed by atoms with E-state index >= 15 is 0 Å². The molecule has 1 aliphatic heterocycles. The van der Waals surface area contributed by atoms with Crippen LogP contribution in [0.3, 0.4) is 0 Å². The van der Waals surface area contributed by atoms with Crippen molar-refractivity contribution in [2.75, 3.05) is 18.4 Å². The third-order valence-corrected chi connectivity index (χ3v) is 5.73. The molecule has 2 bridgehead atoms. The largest absolute Gasteiger partial charge is 0.424 e. The number of ether oxygens (including phenoxy) is 1. The lowest BCUT2D eigenvalue weighted by atomic mass is 9.92. The van der Waals surface area contributed by atoms with Gasteiger partial charge in [-0.25, -0.2) is 4.68 Å². The minimum Gasteiger partial charge on any atom is -0.424 e. The molecule has 2 aliphatic rings. The van der Waals surface area contributed by atoms with Gasteiger partial charge in [-0.2, -0.15) is 23.4 Å². The summed E-state index contributed by atoms with van der Waals surface area (Å²) < 4.78 is 46.2. The summed E-state index contributed by atoms with van der Waals surface area (Å²) >= 11 is 0. The second kappa shape index (κ2) is 7.70. The van der Waals surface area contributed by atoms with Crippen molar-refractivity contribution in [3.63, 3.8) is 0 Å². The molecule has 1 unspecified atom stereocenters. The maximum atomic E-state index is 13.0. The number of anilines is 1. The van der Waals surface area contributed by atoms with Gasteiger partial charge in [-0.05, 0) is 56.7 Å². The van der Waals surface area contributed by atoms with Crippen LogP contribution in [0.25, 0.3) is 0 Å². The molecule has 1 aromatic carbocycles. The molecule has 4 rings (SSSR count). The van der Waals surface area contributed by atoms with Crippen molar-refractivity contribution in [3.8, 4) is 18.0 Å². The molecule has 2 aromatic rings. The standard InChI is InChI=1S/C20H23F3N6O/c1-12(2)29-19(30-16-5-3-4-15(8-16)20(21,22)23)26-18(27-29)25-17-13-6-7-14(17)10-28(9-13)11-24/h3-5,8,12-14,17H,6-7,9-10H2,1-2H3,(H,25,27)/t13-,14+,17?. The third kappa shape index (κ3) is 4.01. The molecule has 0 radical (unpaired) electrons. The lowest BCUT2D eigenvalue weighted by Gasteiger charge is -2.35. The van der Waals surface area contributed by atoms with Gasteiger partial charge < -0.3 is 15.0 Å². The van der Waals surface area contributed by atoms with Gasteiger partial charge in [0.1, 0.15) is 5.75 Å². The van der Waals surface area contributed by atoms with E-state index in [-0.39, 0.29) is 23.8 Å². The summed E-state index contributed by atoms with van der Waals surface area (Å²) in [5.74, 6) is 1.11. The van der Waals surface area contributed by atoms with E-state index in [2.05, 4.69) is 21.6 Å². The number of halogens is 3. The van der Waals surface area contributed by atoms with Gasteiger partial charge in [0.25, 0.3) is 0 Å². The number of hydrogen-bond acceptors (Lipinski definition) is 6. The van der Waals surface area contributed by atoms with Crippen LogP contribution in [0.5, 0.6) is 11.8 Å². The SMILES string of the molecule is CC(C)n1nc(NC2[C@@H]3CC[C@H]2CN(C#N)C3)nc1Oc1cccc(C(F)(F)F)c1. The Balaban J connectivity index is 1.54. The van der Waals surface area contributed by atoms with Gasteiger partial charge in [-0.15, -0.1) is 5.10 Å². The van der Waals surface area contributed by atoms with Crippen LogP contribution in [-0.4, -0.2) is 38.8 Å². The fraction of sp³-hybridized carbons (Fsp3) is 0.550. The van der Waals surface area contributed by atoms with Crippen molar-refractivity contribution in [2.45, 2.75) is 44.9 Å². The number of fused-ring (bicyclic) bond motifs is 2. The number of nitrogens with zero attached hydrogens (tertiary/aromatic N) is 5. The van der Waals surface area contributed by atoms with Crippen molar-refractivity contribution in [2.24, 2.45) is 11.8 Å². The van der Waals surface area contributed by atoms with E-state index < -0.39 is 11.7 Å². The Labute approximate surface area is 172 Å². The van der Waals surface area contributed by atoms with Gasteiger partial charge in [0, 0.05) is 19.1 Å². The number of hydrogen-bond donors (Lipinski definition) is 1. The summed E-state index contributed by atoms with van der Waals surface area (Å²) in [6.07, 6.45) is -0.138. The van der Waals surface area contributed by atoms with E-state index in [1.54, 1.807) is 9.58 Å². The number of alkyl halides is 3.